The molecule has 7 heteroatoms. The maximum Gasteiger partial charge on any atom is 0.282 e. The van der Waals surface area contributed by atoms with E-state index in [-0.39, 0.29) is 6.79 Å². The number of ether oxygens (including phenoxy) is 2. The average Bonchev–Trinajstić information content (AvgIpc) is 3.11. The highest BCUT2D eigenvalue weighted by molar-refractivity contribution is 6.32. The lowest BCUT2D eigenvalue weighted by atomic mass is 10.1. The van der Waals surface area contributed by atoms with E-state index in [4.69, 9.17) is 21.1 Å². The second-order valence-electron chi connectivity index (χ2n) is 4.95. The number of halogens is 1. The molecule has 0 N–H and O–H groups in total. The minimum Gasteiger partial charge on any atom is -0.454 e. The molecule has 2 aromatic rings. The summed E-state index contributed by atoms with van der Waals surface area (Å²) in [6, 6.07) is 9.90. The Balaban J connectivity index is 1.65. The Morgan fingerprint density at radius 1 is 1.09 bits per heavy atom. The number of hydrogen-bond donors (Lipinski definition) is 0. The van der Waals surface area contributed by atoms with E-state index in [0.717, 1.165) is 5.01 Å². The predicted molar refractivity (Wildman–Crippen MR) is 82.1 cm³/mol. The average molecular weight is 329 g/mol. The molecule has 0 aromatic heterocycles. The van der Waals surface area contributed by atoms with Gasteiger partial charge in [0.1, 0.15) is 0 Å². The first kappa shape index (κ1) is 13.8. The summed E-state index contributed by atoms with van der Waals surface area (Å²) in [4.78, 5) is 24.4. The van der Waals surface area contributed by atoms with Crippen LogP contribution < -0.4 is 9.47 Å². The van der Waals surface area contributed by atoms with Gasteiger partial charge in [0.2, 0.25) is 6.79 Å². The Labute approximate surface area is 135 Å². The Morgan fingerprint density at radius 2 is 1.78 bits per heavy atom. The summed E-state index contributed by atoms with van der Waals surface area (Å²) in [6.45, 7) is 0.105. The number of rotatable bonds is 2. The molecule has 0 atom stereocenters. The largest absolute Gasteiger partial charge is 0.454 e. The third-order valence-corrected chi connectivity index (χ3v) is 3.83. The fourth-order valence-electron chi connectivity index (χ4n) is 2.47. The van der Waals surface area contributed by atoms with E-state index in [2.05, 4.69) is 5.10 Å². The molecule has 0 unspecified atom stereocenters. The molecule has 2 aliphatic heterocycles. The van der Waals surface area contributed by atoms with Crippen LogP contribution in [0.4, 0.5) is 0 Å². The van der Waals surface area contributed by atoms with Crippen LogP contribution in [0.25, 0.3) is 0 Å². The van der Waals surface area contributed by atoms with Crippen LogP contribution in [0.5, 0.6) is 11.5 Å². The minimum absolute atomic E-state index is 0.105. The molecular formula is C16H9ClN2O4. The van der Waals surface area contributed by atoms with Crippen molar-refractivity contribution in [1.29, 1.82) is 0 Å². The molecule has 0 saturated carbocycles. The van der Waals surface area contributed by atoms with E-state index in [0.29, 0.717) is 33.2 Å². The minimum atomic E-state index is -0.450. The third-order valence-electron chi connectivity index (χ3n) is 3.54. The van der Waals surface area contributed by atoms with E-state index < -0.39 is 11.8 Å². The van der Waals surface area contributed by atoms with Crippen molar-refractivity contribution < 1.29 is 19.1 Å². The molecule has 114 valence electrons. The van der Waals surface area contributed by atoms with Crippen LogP contribution in [0.1, 0.15) is 26.3 Å². The molecule has 4 rings (SSSR count). The fraction of sp³-hybridized carbons (Fsp3) is 0.0625. The first-order valence-electron chi connectivity index (χ1n) is 6.76. The molecule has 2 aliphatic rings. The molecule has 0 radical (unpaired) electrons. The van der Waals surface area contributed by atoms with E-state index in [9.17, 15) is 9.59 Å². The van der Waals surface area contributed by atoms with Gasteiger partial charge in [-0.25, -0.2) is 0 Å². The molecule has 2 aromatic carbocycles. The van der Waals surface area contributed by atoms with Crippen molar-refractivity contribution in [1.82, 2.24) is 5.01 Å². The summed E-state index contributed by atoms with van der Waals surface area (Å²) < 4.78 is 10.5. The van der Waals surface area contributed by atoms with Crippen LogP contribution in [0.2, 0.25) is 5.02 Å². The van der Waals surface area contributed by atoms with E-state index in [1.165, 1.54) is 6.21 Å². The summed E-state index contributed by atoms with van der Waals surface area (Å²) in [7, 11) is 0. The van der Waals surface area contributed by atoms with Crippen molar-refractivity contribution in [3.8, 4) is 11.5 Å². The van der Waals surface area contributed by atoms with Crippen molar-refractivity contribution in [3.63, 3.8) is 0 Å². The highest BCUT2D eigenvalue weighted by atomic mass is 35.5. The zero-order valence-corrected chi connectivity index (χ0v) is 12.4. The third kappa shape index (κ3) is 2.15. The maximum absolute atomic E-state index is 12.2. The second-order valence-corrected chi connectivity index (χ2v) is 5.36. The number of carbonyl (C=O) groups excluding carboxylic acids is 2. The van der Waals surface area contributed by atoms with Crippen molar-refractivity contribution in [2.75, 3.05) is 6.79 Å². The Morgan fingerprint density at radius 3 is 2.48 bits per heavy atom. The Kier molecular flexibility index (Phi) is 3.06. The van der Waals surface area contributed by atoms with Crippen LogP contribution >= 0.6 is 11.6 Å². The van der Waals surface area contributed by atoms with Crippen LogP contribution in [-0.4, -0.2) is 29.8 Å². The summed E-state index contributed by atoms with van der Waals surface area (Å²) in [5.41, 5.74) is 1.28. The summed E-state index contributed by atoms with van der Waals surface area (Å²) in [5.74, 6) is 0.0771. The zero-order valence-electron chi connectivity index (χ0n) is 11.7. The molecule has 0 saturated heterocycles. The van der Waals surface area contributed by atoms with Gasteiger partial charge in [0, 0.05) is 0 Å². The maximum atomic E-state index is 12.2. The molecular weight excluding hydrogens is 320 g/mol. The lowest BCUT2D eigenvalue weighted by Crippen LogP contribution is -2.23. The second kappa shape index (κ2) is 5.10. The van der Waals surface area contributed by atoms with Crippen molar-refractivity contribution in [2.24, 2.45) is 5.10 Å². The number of imide groups is 1. The van der Waals surface area contributed by atoms with Crippen LogP contribution in [0, 0.1) is 0 Å². The molecule has 6 nitrogen and oxygen atoms in total. The standard InChI is InChI=1S/C16H9ClN2O4/c17-12-5-9(6-13-14(12)23-8-22-13)7-18-19-15(20)10-3-1-2-4-11(10)16(19)21/h1-7H,8H2/b18-7-. The first-order chi connectivity index (χ1) is 11.1. The highest BCUT2D eigenvalue weighted by Gasteiger charge is 2.35. The number of hydrogen-bond acceptors (Lipinski definition) is 5. The molecule has 23 heavy (non-hydrogen) atoms. The molecule has 0 bridgehead atoms. The predicted octanol–water partition coefficient (Wildman–Crippen LogP) is 2.70. The fourth-order valence-corrected chi connectivity index (χ4v) is 2.74. The van der Waals surface area contributed by atoms with E-state index >= 15 is 0 Å². The van der Waals surface area contributed by atoms with Gasteiger partial charge in [-0.3, -0.25) is 9.59 Å². The zero-order chi connectivity index (χ0) is 16.0. The number of hydrazone groups is 1. The van der Waals surface area contributed by atoms with Crippen LogP contribution in [0.15, 0.2) is 41.5 Å². The first-order valence-corrected chi connectivity index (χ1v) is 7.14. The molecule has 0 aliphatic carbocycles. The van der Waals surface area contributed by atoms with Crippen molar-refractivity contribution in [2.45, 2.75) is 0 Å². The van der Waals surface area contributed by atoms with Crippen molar-refractivity contribution >= 4 is 29.6 Å². The number of carbonyl (C=O) groups is 2. The van der Waals surface area contributed by atoms with Gasteiger partial charge in [0.05, 0.1) is 22.4 Å². The summed E-state index contributed by atoms with van der Waals surface area (Å²) in [6.07, 6.45) is 1.38. The van der Waals surface area contributed by atoms with Gasteiger partial charge in [-0.1, -0.05) is 23.7 Å². The Hall–Kier alpha value is -2.86. The van der Waals surface area contributed by atoms with Gasteiger partial charge in [-0.15, -0.1) is 0 Å². The highest BCUT2D eigenvalue weighted by Crippen LogP contribution is 2.39. The SMILES string of the molecule is O=C1c2ccccc2C(=O)N1/N=C\c1cc(Cl)c2c(c1)OCO2. The topological polar surface area (TPSA) is 68.2 Å². The number of nitrogens with zero attached hydrogens (tertiary/aromatic N) is 2. The number of amides is 2. The summed E-state index contributed by atoms with van der Waals surface area (Å²) >= 11 is 6.09. The molecule has 0 fully saturated rings. The monoisotopic (exact) mass is 328 g/mol. The van der Waals surface area contributed by atoms with Gasteiger partial charge in [0.25, 0.3) is 11.8 Å². The van der Waals surface area contributed by atoms with Gasteiger partial charge in [-0.05, 0) is 29.8 Å². The van der Waals surface area contributed by atoms with Gasteiger partial charge in [-0.2, -0.15) is 10.1 Å². The van der Waals surface area contributed by atoms with Gasteiger partial charge >= 0.3 is 0 Å². The molecule has 2 amide bonds. The normalized spacial score (nSPS) is 15.6. The summed E-state index contributed by atoms with van der Waals surface area (Å²) in [5, 5.41) is 5.21. The lowest BCUT2D eigenvalue weighted by Gasteiger charge is -2.06. The van der Waals surface area contributed by atoms with Gasteiger partial charge in [0.15, 0.2) is 11.5 Å². The quantitative estimate of drug-likeness (QED) is 0.628. The van der Waals surface area contributed by atoms with Gasteiger partial charge < -0.3 is 9.47 Å². The molecule has 0 spiro atoms. The van der Waals surface area contributed by atoms with Crippen molar-refractivity contribution in [3.05, 3.63) is 58.1 Å². The number of benzene rings is 2. The Bertz CT molecular complexity index is 843. The van der Waals surface area contributed by atoms with E-state index in [1.54, 1.807) is 36.4 Å². The number of fused-ring (bicyclic) bond motifs is 2. The van der Waals surface area contributed by atoms with E-state index in [1.807, 2.05) is 0 Å². The van der Waals surface area contributed by atoms with Crippen LogP contribution in [-0.2, 0) is 0 Å². The van der Waals surface area contributed by atoms with Crippen LogP contribution in [0.3, 0.4) is 0 Å². The molecule has 2 heterocycles. The smallest absolute Gasteiger partial charge is 0.282 e. The lowest BCUT2D eigenvalue weighted by molar-refractivity contribution is 0.0660.